The van der Waals surface area contributed by atoms with E-state index in [1.54, 1.807) is 36.4 Å². The molecular formula is C26H25NO4. The van der Waals surface area contributed by atoms with E-state index in [1.807, 2.05) is 24.3 Å². The summed E-state index contributed by atoms with van der Waals surface area (Å²) in [6.07, 6.45) is 5.42. The van der Waals surface area contributed by atoms with E-state index in [9.17, 15) is 14.4 Å². The molecule has 0 spiro atoms. The SMILES string of the molecule is CCCCCCCOC(=O)c1ccc(N2C(=O)c3cccc4cccc(c34)C2=O)cc1. The van der Waals surface area contributed by atoms with Gasteiger partial charge in [-0.15, -0.1) is 0 Å². The summed E-state index contributed by atoms with van der Waals surface area (Å²) in [6.45, 7) is 2.56. The summed E-state index contributed by atoms with van der Waals surface area (Å²) in [5, 5.41) is 1.56. The van der Waals surface area contributed by atoms with Crippen LogP contribution in [-0.2, 0) is 4.74 Å². The molecule has 2 amide bonds. The molecule has 1 aliphatic heterocycles. The molecule has 0 saturated carbocycles. The standard InChI is InChI=1S/C26H25NO4/c1-2-3-4-5-6-17-31-26(30)19-13-15-20(16-14-19)27-24(28)21-11-7-9-18-10-8-12-22(23(18)21)25(27)29/h7-16H,2-6,17H2,1H3. The Hall–Kier alpha value is -3.47. The van der Waals surface area contributed by atoms with Crippen molar-refractivity contribution >= 4 is 34.2 Å². The Balaban J connectivity index is 1.49. The second-order valence-electron chi connectivity index (χ2n) is 7.75. The van der Waals surface area contributed by atoms with E-state index in [1.165, 1.54) is 17.7 Å². The van der Waals surface area contributed by atoms with Crippen molar-refractivity contribution in [3.63, 3.8) is 0 Å². The highest BCUT2D eigenvalue weighted by molar-refractivity contribution is 6.35. The maximum absolute atomic E-state index is 13.1. The van der Waals surface area contributed by atoms with E-state index < -0.39 is 5.97 Å². The van der Waals surface area contributed by atoms with E-state index in [-0.39, 0.29) is 11.8 Å². The number of esters is 1. The number of carbonyl (C=O) groups excluding carboxylic acids is 3. The normalized spacial score (nSPS) is 13.0. The third-order valence-corrected chi connectivity index (χ3v) is 5.61. The Morgan fingerprint density at radius 1 is 0.806 bits per heavy atom. The molecule has 1 aliphatic rings. The highest BCUT2D eigenvalue weighted by Crippen LogP contribution is 2.32. The average Bonchev–Trinajstić information content (AvgIpc) is 2.80. The van der Waals surface area contributed by atoms with Crippen LogP contribution in [0.25, 0.3) is 10.8 Å². The van der Waals surface area contributed by atoms with Crippen LogP contribution in [-0.4, -0.2) is 24.4 Å². The average molecular weight is 415 g/mol. The lowest BCUT2D eigenvalue weighted by molar-refractivity contribution is 0.0497. The first-order chi connectivity index (χ1) is 15.1. The lowest BCUT2D eigenvalue weighted by Gasteiger charge is -2.27. The Kier molecular flexibility index (Phi) is 6.12. The molecule has 0 N–H and O–H groups in total. The molecule has 4 rings (SSSR count). The van der Waals surface area contributed by atoms with Crippen molar-refractivity contribution in [2.75, 3.05) is 11.5 Å². The van der Waals surface area contributed by atoms with Crippen LogP contribution in [0, 0.1) is 0 Å². The van der Waals surface area contributed by atoms with Crippen molar-refractivity contribution in [2.45, 2.75) is 39.0 Å². The number of benzene rings is 3. The van der Waals surface area contributed by atoms with E-state index in [0.29, 0.717) is 34.4 Å². The molecule has 0 unspecified atom stereocenters. The van der Waals surface area contributed by atoms with Gasteiger partial charge in [0.1, 0.15) is 0 Å². The Morgan fingerprint density at radius 3 is 2.03 bits per heavy atom. The number of carbonyl (C=O) groups is 3. The molecule has 5 heteroatoms. The van der Waals surface area contributed by atoms with E-state index in [4.69, 9.17) is 4.74 Å². The van der Waals surface area contributed by atoms with Crippen molar-refractivity contribution < 1.29 is 19.1 Å². The first kappa shape index (κ1) is 20.8. The number of amides is 2. The van der Waals surface area contributed by atoms with Crippen LogP contribution in [0.4, 0.5) is 5.69 Å². The summed E-state index contributed by atoms with van der Waals surface area (Å²) in [5.41, 5.74) is 1.83. The third-order valence-electron chi connectivity index (χ3n) is 5.61. The predicted octanol–water partition coefficient (Wildman–Crippen LogP) is 5.77. The summed E-state index contributed by atoms with van der Waals surface area (Å²) in [4.78, 5) is 39.6. The first-order valence-corrected chi connectivity index (χ1v) is 10.8. The fourth-order valence-electron chi connectivity index (χ4n) is 3.97. The van der Waals surface area contributed by atoms with Crippen LogP contribution < -0.4 is 4.90 Å². The third kappa shape index (κ3) is 4.08. The van der Waals surface area contributed by atoms with Gasteiger partial charge in [0.15, 0.2) is 0 Å². The highest BCUT2D eigenvalue weighted by atomic mass is 16.5. The molecule has 0 saturated heterocycles. The Bertz CT molecular complexity index is 1080. The zero-order valence-corrected chi connectivity index (χ0v) is 17.6. The molecule has 0 fully saturated rings. The monoisotopic (exact) mass is 415 g/mol. The molecule has 0 radical (unpaired) electrons. The minimum absolute atomic E-state index is 0.364. The van der Waals surface area contributed by atoms with Crippen molar-refractivity contribution in [3.05, 3.63) is 77.4 Å². The van der Waals surface area contributed by atoms with Crippen molar-refractivity contribution in [1.82, 2.24) is 0 Å². The van der Waals surface area contributed by atoms with Gasteiger partial charge in [-0.25, -0.2) is 9.69 Å². The summed E-state index contributed by atoms with van der Waals surface area (Å²) in [7, 11) is 0. The fraction of sp³-hybridized carbons (Fsp3) is 0.269. The lowest BCUT2D eigenvalue weighted by atomic mass is 9.94. The number of hydrogen-bond acceptors (Lipinski definition) is 4. The molecule has 0 atom stereocenters. The number of nitrogens with zero attached hydrogens (tertiary/aromatic N) is 1. The summed E-state index contributed by atoms with van der Waals surface area (Å²) >= 11 is 0. The minimum atomic E-state index is -0.395. The van der Waals surface area contributed by atoms with Gasteiger partial charge in [0.2, 0.25) is 0 Å². The second kappa shape index (κ2) is 9.13. The van der Waals surface area contributed by atoms with E-state index >= 15 is 0 Å². The summed E-state index contributed by atoms with van der Waals surface area (Å²) in [5.74, 6) is -1.12. The number of ether oxygens (including phenoxy) is 1. The fourth-order valence-corrected chi connectivity index (χ4v) is 3.97. The van der Waals surface area contributed by atoms with Crippen LogP contribution in [0.15, 0.2) is 60.7 Å². The molecule has 5 nitrogen and oxygen atoms in total. The van der Waals surface area contributed by atoms with Gasteiger partial charge in [0.25, 0.3) is 11.8 Å². The van der Waals surface area contributed by atoms with Gasteiger partial charge in [-0.2, -0.15) is 0 Å². The lowest BCUT2D eigenvalue weighted by Crippen LogP contribution is -2.40. The largest absolute Gasteiger partial charge is 0.462 e. The molecular weight excluding hydrogens is 390 g/mol. The predicted molar refractivity (Wildman–Crippen MR) is 121 cm³/mol. The highest BCUT2D eigenvalue weighted by Gasteiger charge is 2.33. The van der Waals surface area contributed by atoms with E-state index in [2.05, 4.69) is 6.92 Å². The van der Waals surface area contributed by atoms with Gasteiger partial charge < -0.3 is 4.74 Å². The Morgan fingerprint density at radius 2 is 1.42 bits per heavy atom. The van der Waals surface area contributed by atoms with Crippen LogP contribution in [0.3, 0.4) is 0 Å². The van der Waals surface area contributed by atoms with Gasteiger partial charge >= 0.3 is 5.97 Å². The number of imide groups is 1. The van der Waals surface area contributed by atoms with E-state index in [0.717, 1.165) is 24.6 Å². The number of unbranched alkanes of at least 4 members (excludes halogenated alkanes) is 4. The number of rotatable bonds is 8. The van der Waals surface area contributed by atoms with Gasteiger partial charge in [0, 0.05) is 16.5 Å². The number of anilines is 1. The quantitative estimate of drug-likeness (QED) is 0.266. The van der Waals surface area contributed by atoms with Gasteiger partial charge in [-0.1, -0.05) is 56.9 Å². The Labute approximate surface area is 181 Å². The zero-order chi connectivity index (χ0) is 21.8. The topological polar surface area (TPSA) is 63.7 Å². The maximum Gasteiger partial charge on any atom is 0.338 e. The molecule has 1 heterocycles. The molecule has 0 aliphatic carbocycles. The number of hydrogen-bond donors (Lipinski definition) is 0. The summed E-state index contributed by atoms with van der Waals surface area (Å²) in [6, 6.07) is 17.3. The molecule has 158 valence electrons. The van der Waals surface area contributed by atoms with Gasteiger partial charge in [-0.3, -0.25) is 9.59 Å². The van der Waals surface area contributed by atoms with Crippen LogP contribution in [0.5, 0.6) is 0 Å². The van der Waals surface area contributed by atoms with Crippen molar-refractivity contribution in [3.8, 4) is 0 Å². The maximum atomic E-state index is 13.1. The van der Waals surface area contributed by atoms with Gasteiger partial charge in [0.05, 0.1) is 17.9 Å². The summed E-state index contributed by atoms with van der Waals surface area (Å²) < 4.78 is 5.33. The van der Waals surface area contributed by atoms with Crippen LogP contribution >= 0.6 is 0 Å². The molecule has 0 aromatic heterocycles. The van der Waals surface area contributed by atoms with Gasteiger partial charge in [-0.05, 0) is 48.2 Å². The smallest absolute Gasteiger partial charge is 0.338 e. The van der Waals surface area contributed by atoms with Crippen molar-refractivity contribution in [2.24, 2.45) is 0 Å². The molecule has 3 aromatic carbocycles. The molecule has 3 aromatic rings. The van der Waals surface area contributed by atoms with Crippen molar-refractivity contribution in [1.29, 1.82) is 0 Å². The minimum Gasteiger partial charge on any atom is -0.462 e. The molecule has 0 bridgehead atoms. The second-order valence-corrected chi connectivity index (χ2v) is 7.75. The van der Waals surface area contributed by atoms with Crippen LogP contribution in [0.2, 0.25) is 0 Å². The molecule has 31 heavy (non-hydrogen) atoms. The first-order valence-electron chi connectivity index (χ1n) is 10.8. The zero-order valence-electron chi connectivity index (χ0n) is 17.6. The van der Waals surface area contributed by atoms with Crippen LogP contribution in [0.1, 0.15) is 70.1 Å².